The third-order valence-corrected chi connectivity index (χ3v) is 7.91. The first-order valence-electron chi connectivity index (χ1n) is 9.61. The Hall–Kier alpha value is -1.10. The Bertz CT molecular complexity index is 553. The average Bonchev–Trinajstić information content (AvgIpc) is 2.93. The van der Waals surface area contributed by atoms with E-state index >= 15 is 0 Å². The van der Waals surface area contributed by atoms with Gasteiger partial charge in [0.05, 0.1) is 17.4 Å². The number of likely N-dealkylation sites (tertiary alicyclic amines) is 1. The van der Waals surface area contributed by atoms with Crippen molar-refractivity contribution < 1.29 is 19.4 Å². The van der Waals surface area contributed by atoms with Crippen LogP contribution < -0.4 is 0 Å². The van der Waals surface area contributed by atoms with Crippen molar-refractivity contribution in [3.05, 3.63) is 0 Å². The molecule has 132 valence electrons. The van der Waals surface area contributed by atoms with Gasteiger partial charge in [-0.05, 0) is 62.7 Å². The van der Waals surface area contributed by atoms with Gasteiger partial charge < -0.3 is 14.7 Å². The van der Waals surface area contributed by atoms with Crippen LogP contribution in [0.3, 0.4) is 0 Å². The van der Waals surface area contributed by atoms with E-state index in [4.69, 9.17) is 4.74 Å². The number of carboxylic acid groups (broad SMARTS) is 1. The highest BCUT2D eigenvalue weighted by Gasteiger charge is 2.60. The zero-order valence-corrected chi connectivity index (χ0v) is 14.2. The summed E-state index contributed by atoms with van der Waals surface area (Å²) in [4.78, 5) is 27.4. The molecule has 5 heteroatoms. The normalized spacial score (nSPS) is 49.2. The molecule has 5 nitrogen and oxygen atoms in total. The third kappa shape index (κ3) is 1.97. The number of ether oxygens (including phenoxy) is 1. The molecule has 0 aromatic carbocycles. The lowest BCUT2D eigenvalue weighted by molar-refractivity contribution is -0.160. The Balaban J connectivity index is 1.41. The molecule has 0 radical (unpaired) electrons. The van der Waals surface area contributed by atoms with Gasteiger partial charge in [0.15, 0.2) is 0 Å². The standard InChI is InChI=1S/C19H27NO4/c21-16(18-6-12-3-13(7-18)5-14(4-12)8-18)20-9-15-10-24-2-1-19(15,11-20)17(22)23/h12-15H,1-11H2,(H,22,23)/t12?,13?,14?,15-,18?,19+/m0/s1. The molecule has 24 heavy (non-hydrogen) atoms. The fourth-order valence-electron chi connectivity index (χ4n) is 7.16. The Morgan fingerprint density at radius 2 is 1.67 bits per heavy atom. The van der Waals surface area contributed by atoms with Crippen LogP contribution in [0.2, 0.25) is 0 Å². The van der Waals surface area contributed by atoms with Crippen molar-refractivity contribution in [3.63, 3.8) is 0 Å². The lowest BCUT2D eigenvalue weighted by Crippen LogP contribution is -2.54. The number of carbonyl (C=O) groups excluding carboxylic acids is 1. The SMILES string of the molecule is O=C(N1C[C@H]2COCC[C@@]2(C(=O)O)C1)C12CC3CC(CC(C3)C1)C2. The summed E-state index contributed by atoms with van der Waals surface area (Å²) in [6.45, 7) is 1.96. The summed E-state index contributed by atoms with van der Waals surface area (Å²) in [6, 6.07) is 0. The van der Waals surface area contributed by atoms with Gasteiger partial charge in [0.2, 0.25) is 5.91 Å². The van der Waals surface area contributed by atoms with Gasteiger partial charge in [-0.1, -0.05) is 0 Å². The van der Waals surface area contributed by atoms with Crippen molar-refractivity contribution in [2.45, 2.75) is 44.9 Å². The van der Waals surface area contributed by atoms with Crippen LogP contribution in [-0.4, -0.2) is 48.2 Å². The molecule has 0 spiro atoms. The van der Waals surface area contributed by atoms with E-state index < -0.39 is 11.4 Å². The highest BCUT2D eigenvalue weighted by atomic mass is 16.5. The number of carboxylic acids is 1. The largest absolute Gasteiger partial charge is 0.481 e. The first kappa shape index (κ1) is 15.2. The summed E-state index contributed by atoms with van der Waals surface area (Å²) in [5.74, 6) is 1.71. The van der Waals surface area contributed by atoms with Crippen LogP contribution in [0.5, 0.6) is 0 Å². The van der Waals surface area contributed by atoms with Crippen molar-refractivity contribution in [1.29, 1.82) is 0 Å². The highest BCUT2D eigenvalue weighted by molar-refractivity contribution is 5.85. The van der Waals surface area contributed by atoms with Gasteiger partial charge >= 0.3 is 5.97 Å². The van der Waals surface area contributed by atoms with Crippen molar-refractivity contribution in [3.8, 4) is 0 Å². The molecule has 6 fully saturated rings. The van der Waals surface area contributed by atoms with Gasteiger partial charge in [0.25, 0.3) is 0 Å². The molecule has 4 saturated carbocycles. The Labute approximate surface area is 142 Å². The van der Waals surface area contributed by atoms with Crippen LogP contribution in [-0.2, 0) is 14.3 Å². The van der Waals surface area contributed by atoms with Crippen LogP contribution in [0, 0.1) is 34.5 Å². The fraction of sp³-hybridized carbons (Fsp3) is 0.895. The van der Waals surface area contributed by atoms with Crippen LogP contribution >= 0.6 is 0 Å². The predicted molar refractivity (Wildman–Crippen MR) is 86.2 cm³/mol. The summed E-state index contributed by atoms with van der Waals surface area (Å²) in [6.07, 6.45) is 7.66. The maximum Gasteiger partial charge on any atom is 0.311 e. The number of hydrogen-bond donors (Lipinski definition) is 1. The van der Waals surface area contributed by atoms with Crippen molar-refractivity contribution in [2.75, 3.05) is 26.3 Å². The second kappa shape index (κ2) is 4.96. The molecular formula is C19H27NO4. The first-order chi connectivity index (χ1) is 11.5. The molecule has 4 bridgehead atoms. The minimum absolute atomic E-state index is 0.0402. The zero-order chi connectivity index (χ0) is 16.5. The second-order valence-corrected chi connectivity index (χ2v) is 9.37. The summed E-state index contributed by atoms with van der Waals surface area (Å²) < 4.78 is 5.53. The molecule has 2 heterocycles. The second-order valence-electron chi connectivity index (χ2n) is 9.37. The zero-order valence-electron chi connectivity index (χ0n) is 14.2. The van der Waals surface area contributed by atoms with Gasteiger partial charge in [-0.2, -0.15) is 0 Å². The summed E-state index contributed by atoms with van der Waals surface area (Å²) in [5, 5.41) is 9.84. The van der Waals surface area contributed by atoms with Crippen molar-refractivity contribution in [2.24, 2.45) is 34.5 Å². The molecule has 2 saturated heterocycles. The number of aliphatic carboxylic acids is 1. The van der Waals surface area contributed by atoms with Crippen LogP contribution in [0.1, 0.15) is 44.9 Å². The maximum absolute atomic E-state index is 13.5. The van der Waals surface area contributed by atoms with Crippen molar-refractivity contribution >= 4 is 11.9 Å². The third-order valence-electron chi connectivity index (χ3n) is 7.91. The quantitative estimate of drug-likeness (QED) is 0.841. The molecular weight excluding hydrogens is 306 g/mol. The van der Waals surface area contributed by atoms with Gasteiger partial charge in [-0.25, -0.2) is 0 Å². The topological polar surface area (TPSA) is 66.8 Å². The smallest absolute Gasteiger partial charge is 0.311 e. The maximum atomic E-state index is 13.5. The predicted octanol–water partition coefficient (Wildman–Crippen LogP) is 2.15. The minimum atomic E-state index is -0.768. The summed E-state index contributed by atoms with van der Waals surface area (Å²) in [5.41, 5.74) is -0.932. The molecule has 0 aromatic heterocycles. The van der Waals surface area contributed by atoms with E-state index in [0.717, 1.165) is 37.0 Å². The Morgan fingerprint density at radius 3 is 2.21 bits per heavy atom. The number of carbonyl (C=O) groups is 2. The molecule has 2 atom stereocenters. The van der Waals surface area contributed by atoms with E-state index in [0.29, 0.717) is 32.7 Å². The van der Waals surface area contributed by atoms with E-state index in [1.165, 1.54) is 19.3 Å². The number of amides is 1. The van der Waals surface area contributed by atoms with Gasteiger partial charge in [-0.3, -0.25) is 9.59 Å². The van der Waals surface area contributed by atoms with Crippen molar-refractivity contribution in [1.82, 2.24) is 4.90 Å². The molecule has 2 aliphatic heterocycles. The first-order valence-corrected chi connectivity index (χ1v) is 9.61. The molecule has 1 N–H and O–H groups in total. The molecule has 6 aliphatic rings. The summed E-state index contributed by atoms with van der Waals surface area (Å²) >= 11 is 0. The van der Waals surface area contributed by atoms with Gasteiger partial charge in [0, 0.05) is 25.6 Å². The number of nitrogens with zero attached hydrogens (tertiary/aromatic N) is 1. The van der Waals surface area contributed by atoms with Gasteiger partial charge in [-0.15, -0.1) is 0 Å². The number of rotatable bonds is 2. The van der Waals surface area contributed by atoms with Crippen LogP contribution in [0.15, 0.2) is 0 Å². The lowest BCUT2D eigenvalue weighted by atomic mass is 9.49. The molecule has 0 unspecified atom stereocenters. The number of hydrogen-bond acceptors (Lipinski definition) is 3. The fourth-order valence-corrected chi connectivity index (χ4v) is 7.16. The average molecular weight is 333 g/mol. The number of fused-ring (bicyclic) bond motifs is 1. The van der Waals surface area contributed by atoms with E-state index in [1.54, 1.807) is 0 Å². The Morgan fingerprint density at radius 1 is 1.04 bits per heavy atom. The highest BCUT2D eigenvalue weighted by Crippen LogP contribution is 2.61. The van der Waals surface area contributed by atoms with Crippen LogP contribution in [0.4, 0.5) is 0 Å². The van der Waals surface area contributed by atoms with E-state index in [1.807, 2.05) is 4.90 Å². The minimum Gasteiger partial charge on any atom is -0.481 e. The van der Waals surface area contributed by atoms with Gasteiger partial charge in [0.1, 0.15) is 0 Å². The molecule has 6 rings (SSSR count). The van der Waals surface area contributed by atoms with E-state index in [9.17, 15) is 14.7 Å². The van der Waals surface area contributed by atoms with Crippen LogP contribution in [0.25, 0.3) is 0 Å². The summed E-state index contributed by atoms with van der Waals surface area (Å²) in [7, 11) is 0. The monoisotopic (exact) mass is 333 g/mol. The van der Waals surface area contributed by atoms with E-state index in [-0.39, 0.29) is 17.2 Å². The molecule has 1 amide bonds. The Kier molecular flexibility index (Phi) is 3.14. The lowest BCUT2D eigenvalue weighted by Gasteiger charge is -2.56. The molecule has 0 aromatic rings. The molecule has 4 aliphatic carbocycles. The van der Waals surface area contributed by atoms with E-state index in [2.05, 4.69) is 0 Å².